The number of anilines is 2. The minimum Gasteiger partial charge on any atom is -0.339 e. The van der Waals surface area contributed by atoms with Crippen molar-refractivity contribution >= 4 is 17.5 Å². The lowest BCUT2D eigenvalue weighted by Crippen LogP contribution is -2.35. The number of hydrogen-bond acceptors (Lipinski definition) is 4. The fourth-order valence-corrected chi connectivity index (χ4v) is 2.88. The van der Waals surface area contributed by atoms with E-state index in [2.05, 4.69) is 34.3 Å². The number of piperidine rings is 1. The molecule has 2 N–H and O–H groups in total. The summed E-state index contributed by atoms with van der Waals surface area (Å²) in [6, 6.07) is 5.77. The number of nitrogens with zero attached hydrogens (tertiary/aromatic N) is 3. The number of hydrogen-bond donors (Lipinski definition) is 2. The van der Waals surface area contributed by atoms with E-state index in [1.165, 1.54) is 6.42 Å². The Kier molecular flexibility index (Phi) is 4.83. The van der Waals surface area contributed by atoms with Gasteiger partial charge < -0.3 is 10.2 Å². The highest BCUT2D eigenvalue weighted by Gasteiger charge is 2.19. The number of carbonyl (C=O) groups is 1. The number of amides is 1. The van der Waals surface area contributed by atoms with Crippen molar-refractivity contribution in [2.45, 2.75) is 46.0 Å². The van der Waals surface area contributed by atoms with Gasteiger partial charge in [0.2, 0.25) is 5.95 Å². The second-order valence-electron chi connectivity index (χ2n) is 6.71. The zero-order valence-electron chi connectivity index (χ0n) is 14.6. The van der Waals surface area contributed by atoms with E-state index in [0.717, 1.165) is 43.0 Å². The van der Waals surface area contributed by atoms with Gasteiger partial charge in [0.15, 0.2) is 0 Å². The molecule has 0 aliphatic carbocycles. The topological polar surface area (TPSA) is 73.9 Å². The Morgan fingerprint density at radius 3 is 2.67 bits per heavy atom. The molecular formula is C18H25N5O. The predicted molar refractivity (Wildman–Crippen MR) is 94.7 cm³/mol. The highest BCUT2D eigenvalue weighted by atomic mass is 16.2. The van der Waals surface area contributed by atoms with Crippen LogP contribution in [0, 0.1) is 6.92 Å². The third-order valence-electron chi connectivity index (χ3n) is 4.42. The zero-order chi connectivity index (χ0) is 17.1. The minimum atomic E-state index is 0.107. The van der Waals surface area contributed by atoms with Crippen LogP contribution in [0.2, 0.25) is 0 Å². The Labute approximate surface area is 142 Å². The molecule has 0 unspecified atom stereocenters. The molecular weight excluding hydrogens is 302 g/mol. The van der Waals surface area contributed by atoms with Crippen molar-refractivity contribution in [3.05, 3.63) is 35.2 Å². The van der Waals surface area contributed by atoms with Crippen molar-refractivity contribution in [2.75, 3.05) is 18.4 Å². The standard InChI is InChI=1S/C18H25N5O/c1-12(2)16-20-18(22-21-16)19-15-11-14(8-7-13(15)3)17(24)23-9-5-4-6-10-23/h7-8,11-12H,4-6,9-10H2,1-3H3,(H2,19,20,21,22). The highest BCUT2D eigenvalue weighted by molar-refractivity contribution is 5.95. The van der Waals surface area contributed by atoms with Gasteiger partial charge in [-0.15, -0.1) is 5.10 Å². The van der Waals surface area contributed by atoms with Crippen molar-refractivity contribution in [1.82, 2.24) is 20.1 Å². The highest BCUT2D eigenvalue weighted by Crippen LogP contribution is 2.22. The largest absolute Gasteiger partial charge is 0.339 e. The molecule has 6 heteroatoms. The molecule has 3 rings (SSSR count). The van der Waals surface area contributed by atoms with Gasteiger partial charge in [0, 0.05) is 30.3 Å². The Balaban J connectivity index is 1.79. The first-order chi connectivity index (χ1) is 11.5. The number of aromatic nitrogens is 3. The van der Waals surface area contributed by atoms with Crippen molar-refractivity contribution < 1.29 is 4.79 Å². The Bertz CT molecular complexity index is 716. The van der Waals surface area contributed by atoms with E-state index in [0.29, 0.717) is 17.4 Å². The van der Waals surface area contributed by atoms with Gasteiger partial charge in [-0.2, -0.15) is 4.98 Å². The first-order valence-electron chi connectivity index (χ1n) is 8.64. The molecule has 24 heavy (non-hydrogen) atoms. The molecule has 128 valence electrons. The summed E-state index contributed by atoms with van der Waals surface area (Å²) in [7, 11) is 0. The summed E-state index contributed by atoms with van der Waals surface area (Å²) >= 11 is 0. The van der Waals surface area contributed by atoms with Crippen molar-refractivity contribution in [1.29, 1.82) is 0 Å². The lowest BCUT2D eigenvalue weighted by Gasteiger charge is -2.27. The molecule has 1 aromatic carbocycles. The number of carbonyl (C=O) groups excluding carboxylic acids is 1. The number of likely N-dealkylation sites (tertiary alicyclic amines) is 1. The molecule has 2 aromatic rings. The van der Waals surface area contributed by atoms with Gasteiger partial charge in [0.25, 0.3) is 5.91 Å². The quantitative estimate of drug-likeness (QED) is 0.899. The zero-order valence-corrected chi connectivity index (χ0v) is 14.6. The summed E-state index contributed by atoms with van der Waals surface area (Å²) < 4.78 is 0. The molecule has 2 heterocycles. The van der Waals surface area contributed by atoms with Crippen LogP contribution in [0.5, 0.6) is 0 Å². The van der Waals surface area contributed by atoms with Crippen LogP contribution < -0.4 is 5.32 Å². The molecule has 1 aliphatic rings. The summed E-state index contributed by atoms with van der Waals surface area (Å²) in [5, 5.41) is 10.4. The van der Waals surface area contributed by atoms with E-state index in [1.807, 2.05) is 30.0 Å². The van der Waals surface area contributed by atoms with Gasteiger partial charge in [-0.05, 0) is 43.9 Å². The van der Waals surface area contributed by atoms with E-state index in [4.69, 9.17) is 0 Å². The number of aromatic amines is 1. The van der Waals surface area contributed by atoms with Crippen molar-refractivity contribution in [2.24, 2.45) is 0 Å². The van der Waals surface area contributed by atoms with Crippen LogP contribution in [0.4, 0.5) is 11.6 Å². The monoisotopic (exact) mass is 327 g/mol. The summed E-state index contributed by atoms with van der Waals surface area (Å²) in [6.45, 7) is 7.84. The van der Waals surface area contributed by atoms with Crippen LogP contribution in [0.1, 0.15) is 60.8 Å². The summed E-state index contributed by atoms with van der Waals surface area (Å²) in [6.07, 6.45) is 3.41. The molecule has 0 bridgehead atoms. The van der Waals surface area contributed by atoms with Gasteiger partial charge in [-0.3, -0.25) is 9.89 Å². The molecule has 1 aromatic heterocycles. The van der Waals surface area contributed by atoms with E-state index < -0.39 is 0 Å². The van der Waals surface area contributed by atoms with Gasteiger partial charge in [0.05, 0.1) is 0 Å². The van der Waals surface area contributed by atoms with Crippen LogP contribution in [0.15, 0.2) is 18.2 Å². The number of aryl methyl sites for hydroxylation is 1. The maximum absolute atomic E-state index is 12.7. The maximum Gasteiger partial charge on any atom is 0.253 e. The number of nitrogens with one attached hydrogen (secondary N) is 2. The third kappa shape index (κ3) is 3.58. The molecule has 0 spiro atoms. The van der Waals surface area contributed by atoms with E-state index >= 15 is 0 Å². The molecule has 1 saturated heterocycles. The molecule has 0 atom stereocenters. The Morgan fingerprint density at radius 2 is 2.00 bits per heavy atom. The average Bonchev–Trinajstić information content (AvgIpc) is 3.06. The van der Waals surface area contributed by atoms with Crippen LogP contribution in [-0.4, -0.2) is 39.1 Å². The van der Waals surface area contributed by atoms with Crippen molar-refractivity contribution in [3.63, 3.8) is 0 Å². The number of benzene rings is 1. The second kappa shape index (κ2) is 7.03. The van der Waals surface area contributed by atoms with Crippen LogP contribution in [-0.2, 0) is 0 Å². The van der Waals surface area contributed by atoms with Gasteiger partial charge in [-0.25, -0.2) is 0 Å². The van der Waals surface area contributed by atoms with Gasteiger partial charge in [-0.1, -0.05) is 19.9 Å². The minimum absolute atomic E-state index is 0.107. The van der Waals surface area contributed by atoms with Gasteiger partial charge in [0.1, 0.15) is 5.82 Å². The average molecular weight is 327 g/mol. The summed E-state index contributed by atoms with van der Waals surface area (Å²) in [4.78, 5) is 19.1. The molecule has 0 radical (unpaired) electrons. The SMILES string of the molecule is Cc1ccc(C(=O)N2CCCCC2)cc1Nc1n[nH]c(C(C)C)n1. The molecule has 1 amide bonds. The second-order valence-corrected chi connectivity index (χ2v) is 6.71. The van der Waals surface area contributed by atoms with Crippen molar-refractivity contribution in [3.8, 4) is 0 Å². The van der Waals surface area contributed by atoms with Crippen LogP contribution in [0.3, 0.4) is 0 Å². The van der Waals surface area contributed by atoms with Crippen LogP contribution >= 0.6 is 0 Å². The van der Waals surface area contributed by atoms with E-state index in [1.54, 1.807) is 0 Å². The maximum atomic E-state index is 12.7. The first kappa shape index (κ1) is 16.5. The lowest BCUT2D eigenvalue weighted by molar-refractivity contribution is 0.0724. The first-order valence-corrected chi connectivity index (χ1v) is 8.64. The summed E-state index contributed by atoms with van der Waals surface area (Å²) in [5.74, 6) is 1.77. The summed E-state index contributed by atoms with van der Waals surface area (Å²) in [5.41, 5.74) is 2.64. The fourth-order valence-electron chi connectivity index (χ4n) is 2.88. The smallest absolute Gasteiger partial charge is 0.253 e. The number of H-pyrrole nitrogens is 1. The van der Waals surface area contributed by atoms with E-state index in [-0.39, 0.29) is 5.91 Å². The van der Waals surface area contributed by atoms with E-state index in [9.17, 15) is 4.79 Å². The number of rotatable bonds is 4. The molecule has 1 fully saturated rings. The van der Waals surface area contributed by atoms with Crippen LogP contribution in [0.25, 0.3) is 0 Å². The third-order valence-corrected chi connectivity index (χ3v) is 4.42. The lowest BCUT2D eigenvalue weighted by atomic mass is 10.1. The van der Waals surface area contributed by atoms with Gasteiger partial charge >= 0.3 is 0 Å². The molecule has 0 saturated carbocycles. The molecule has 1 aliphatic heterocycles. The Hall–Kier alpha value is -2.37. The molecule has 6 nitrogen and oxygen atoms in total. The Morgan fingerprint density at radius 1 is 1.25 bits per heavy atom. The normalized spacial score (nSPS) is 14.9. The fraction of sp³-hybridized carbons (Fsp3) is 0.500. The predicted octanol–water partition coefficient (Wildman–Crippen LogP) is 3.61.